The third-order valence-corrected chi connectivity index (χ3v) is 3.77. The van der Waals surface area contributed by atoms with Crippen LogP contribution in [0.3, 0.4) is 0 Å². The zero-order chi connectivity index (χ0) is 13.7. The Morgan fingerprint density at radius 1 is 1.37 bits per heavy atom. The minimum absolute atomic E-state index is 0.386. The monoisotopic (exact) mass is 297 g/mol. The number of nitrogens with zero attached hydrogens (tertiary/aromatic N) is 1. The van der Waals surface area contributed by atoms with E-state index in [0.717, 1.165) is 0 Å². The van der Waals surface area contributed by atoms with Gasteiger partial charge in [0.1, 0.15) is 6.04 Å². The molecule has 0 aromatic carbocycles. The quantitative estimate of drug-likeness (QED) is 0.766. The number of rotatable bonds is 5. The summed E-state index contributed by atoms with van der Waals surface area (Å²) in [7, 11) is 0. The van der Waals surface area contributed by atoms with Crippen molar-refractivity contribution < 1.29 is 14.7 Å². The molecule has 0 fully saturated rings. The van der Waals surface area contributed by atoms with Crippen molar-refractivity contribution in [2.24, 2.45) is 0 Å². The van der Waals surface area contributed by atoms with Crippen LogP contribution in [0, 0.1) is 0 Å². The Kier molecular flexibility index (Phi) is 4.61. The van der Waals surface area contributed by atoms with Crippen molar-refractivity contribution in [2.45, 2.75) is 6.04 Å². The zero-order valence-electron chi connectivity index (χ0n) is 9.70. The van der Waals surface area contributed by atoms with Crippen LogP contribution >= 0.6 is 22.7 Å². The molecule has 100 valence electrons. The number of aromatic nitrogens is 1. The van der Waals surface area contributed by atoms with E-state index in [-0.39, 0.29) is 5.91 Å². The van der Waals surface area contributed by atoms with Gasteiger partial charge in [0.25, 0.3) is 11.8 Å². The minimum Gasteiger partial charge on any atom is -0.394 e. The molecule has 3 N–H and O–H groups in total. The van der Waals surface area contributed by atoms with E-state index < -0.39 is 18.6 Å². The fourth-order valence-electron chi connectivity index (χ4n) is 1.31. The number of amides is 2. The van der Waals surface area contributed by atoms with E-state index in [0.29, 0.717) is 10.0 Å². The van der Waals surface area contributed by atoms with Gasteiger partial charge in [-0.1, -0.05) is 6.07 Å². The molecule has 1 atom stereocenters. The highest BCUT2D eigenvalue weighted by Crippen LogP contribution is 2.11. The number of carbonyl (C=O) groups excluding carboxylic acids is 2. The van der Waals surface area contributed by atoms with Gasteiger partial charge in [-0.2, -0.15) is 0 Å². The predicted molar refractivity (Wildman–Crippen MR) is 73.4 cm³/mol. The molecule has 1 unspecified atom stereocenters. The Bertz CT molecular complexity index is 540. The number of hydrogen-bond acceptors (Lipinski definition) is 6. The Hall–Kier alpha value is -1.77. The van der Waals surface area contributed by atoms with Crippen LogP contribution in [-0.2, 0) is 4.79 Å². The molecular weight excluding hydrogens is 286 g/mol. The van der Waals surface area contributed by atoms with Gasteiger partial charge in [0.2, 0.25) is 0 Å². The van der Waals surface area contributed by atoms with Crippen molar-refractivity contribution in [3.63, 3.8) is 0 Å². The highest BCUT2D eigenvalue weighted by molar-refractivity contribution is 7.13. The second kappa shape index (κ2) is 6.41. The molecule has 2 aromatic rings. The fourth-order valence-corrected chi connectivity index (χ4v) is 2.47. The molecule has 0 aliphatic heterocycles. The van der Waals surface area contributed by atoms with Gasteiger partial charge >= 0.3 is 0 Å². The summed E-state index contributed by atoms with van der Waals surface area (Å²) in [5.41, 5.74) is 0. The van der Waals surface area contributed by atoms with Crippen LogP contribution in [0.5, 0.6) is 0 Å². The average molecular weight is 297 g/mol. The second-order valence-electron chi connectivity index (χ2n) is 3.51. The Balaban J connectivity index is 1.96. The van der Waals surface area contributed by atoms with Crippen LogP contribution in [0.2, 0.25) is 0 Å². The fraction of sp³-hybridized carbons (Fsp3) is 0.182. The summed E-state index contributed by atoms with van der Waals surface area (Å²) < 4.78 is 0. The summed E-state index contributed by atoms with van der Waals surface area (Å²) in [5.74, 6) is -0.884. The molecule has 6 nitrogen and oxygen atoms in total. The van der Waals surface area contributed by atoms with Gasteiger partial charge in [-0.05, 0) is 11.4 Å². The maximum Gasteiger partial charge on any atom is 0.262 e. The topological polar surface area (TPSA) is 91.3 Å². The summed E-state index contributed by atoms with van der Waals surface area (Å²) in [6.07, 6.45) is 1.55. The lowest BCUT2D eigenvalue weighted by Gasteiger charge is -2.14. The van der Waals surface area contributed by atoms with Gasteiger partial charge in [-0.15, -0.1) is 22.7 Å². The van der Waals surface area contributed by atoms with E-state index in [1.165, 1.54) is 22.7 Å². The number of anilines is 1. The molecule has 0 spiro atoms. The molecule has 2 heterocycles. The molecule has 2 amide bonds. The standard InChI is InChI=1S/C11H11N3O3S2/c15-6-7(9(16)14-11-12-3-5-19-11)13-10(17)8-2-1-4-18-8/h1-5,7,15H,6H2,(H,13,17)(H,12,14,16). The van der Waals surface area contributed by atoms with Crippen LogP contribution in [0.15, 0.2) is 29.1 Å². The molecule has 2 rings (SSSR count). The van der Waals surface area contributed by atoms with E-state index in [1.807, 2.05) is 0 Å². The SMILES string of the molecule is O=C(NC(CO)C(=O)Nc1nccs1)c1cccs1. The van der Waals surface area contributed by atoms with E-state index >= 15 is 0 Å². The third kappa shape index (κ3) is 3.60. The van der Waals surface area contributed by atoms with Gasteiger partial charge in [-0.3, -0.25) is 9.59 Å². The summed E-state index contributed by atoms with van der Waals surface area (Å²) in [6, 6.07) is 2.38. The van der Waals surface area contributed by atoms with Gasteiger partial charge in [0.15, 0.2) is 5.13 Å². The Labute approximate surface area is 117 Å². The molecule has 0 radical (unpaired) electrons. The van der Waals surface area contributed by atoms with Crippen LogP contribution in [0.4, 0.5) is 5.13 Å². The second-order valence-corrected chi connectivity index (χ2v) is 5.35. The van der Waals surface area contributed by atoms with Crippen molar-refractivity contribution in [3.8, 4) is 0 Å². The number of thiazole rings is 1. The average Bonchev–Trinajstić information content (AvgIpc) is 3.07. The van der Waals surface area contributed by atoms with E-state index in [9.17, 15) is 14.7 Å². The largest absolute Gasteiger partial charge is 0.394 e. The first-order valence-electron chi connectivity index (χ1n) is 5.36. The van der Waals surface area contributed by atoms with Gasteiger partial charge < -0.3 is 15.7 Å². The van der Waals surface area contributed by atoms with Crippen molar-refractivity contribution in [2.75, 3.05) is 11.9 Å². The lowest BCUT2D eigenvalue weighted by Crippen LogP contribution is -2.46. The molecule has 0 saturated heterocycles. The number of aliphatic hydroxyl groups excluding tert-OH is 1. The van der Waals surface area contributed by atoms with Gasteiger partial charge in [0, 0.05) is 11.6 Å². The molecule has 0 saturated carbocycles. The van der Waals surface area contributed by atoms with Crippen LogP contribution in [-0.4, -0.2) is 34.6 Å². The molecule has 0 aliphatic carbocycles. The molecule has 0 bridgehead atoms. The van der Waals surface area contributed by atoms with Crippen molar-refractivity contribution in [1.29, 1.82) is 0 Å². The zero-order valence-corrected chi connectivity index (χ0v) is 11.3. The van der Waals surface area contributed by atoms with Crippen molar-refractivity contribution >= 4 is 39.6 Å². The number of thiophene rings is 1. The lowest BCUT2D eigenvalue weighted by atomic mass is 10.3. The third-order valence-electron chi connectivity index (χ3n) is 2.21. The van der Waals surface area contributed by atoms with Crippen LogP contribution < -0.4 is 10.6 Å². The van der Waals surface area contributed by atoms with Gasteiger partial charge in [-0.25, -0.2) is 4.98 Å². The van der Waals surface area contributed by atoms with E-state index in [2.05, 4.69) is 15.6 Å². The first kappa shape index (κ1) is 13.7. The number of nitrogens with one attached hydrogen (secondary N) is 2. The first-order chi connectivity index (χ1) is 9.20. The predicted octanol–water partition coefficient (Wildman–Crippen LogP) is 0.934. The summed E-state index contributed by atoms with van der Waals surface area (Å²) in [5, 5.41) is 18.1. The maximum absolute atomic E-state index is 11.8. The molecule has 8 heteroatoms. The normalized spacial score (nSPS) is 11.8. The molecular formula is C11H11N3O3S2. The lowest BCUT2D eigenvalue weighted by molar-refractivity contribution is -0.118. The molecule has 19 heavy (non-hydrogen) atoms. The summed E-state index contributed by atoms with van der Waals surface area (Å²) >= 11 is 2.53. The summed E-state index contributed by atoms with van der Waals surface area (Å²) in [6.45, 7) is -0.478. The number of carbonyl (C=O) groups is 2. The first-order valence-corrected chi connectivity index (χ1v) is 7.12. The summed E-state index contributed by atoms with van der Waals surface area (Å²) in [4.78, 5) is 28.0. The van der Waals surface area contributed by atoms with Crippen molar-refractivity contribution in [3.05, 3.63) is 34.0 Å². The molecule has 2 aromatic heterocycles. The Morgan fingerprint density at radius 3 is 2.79 bits per heavy atom. The van der Waals surface area contributed by atoms with Crippen LogP contribution in [0.25, 0.3) is 0 Å². The highest BCUT2D eigenvalue weighted by Gasteiger charge is 2.21. The Morgan fingerprint density at radius 2 is 2.21 bits per heavy atom. The highest BCUT2D eigenvalue weighted by atomic mass is 32.1. The van der Waals surface area contributed by atoms with Crippen molar-refractivity contribution in [1.82, 2.24) is 10.3 Å². The van der Waals surface area contributed by atoms with E-state index in [1.54, 1.807) is 29.1 Å². The number of aliphatic hydroxyl groups is 1. The minimum atomic E-state index is -1.00. The smallest absolute Gasteiger partial charge is 0.262 e. The number of hydrogen-bond donors (Lipinski definition) is 3. The molecule has 0 aliphatic rings. The van der Waals surface area contributed by atoms with E-state index in [4.69, 9.17) is 0 Å². The van der Waals surface area contributed by atoms with Gasteiger partial charge in [0.05, 0.1) is 11.5 Å². The maximum atomic E-state index is 11.8. The van der Waals surface area contributed by atoms with Crippen LogP contribution in [0.1, 0.15) is 9.67 Å².